The predicted octanol–water partition coefficient (Wildman–Crippen LogP) is 9.75. The number of unbranched alkanes of at least 4 members (excludes halogenated alkanes) is 2. The van der Waals surface area contributed by atoms with Gasteiger partial charge >= 0.3 is 0 Å². The van der Waals surface area contributed by atoms with Crippen molar-refractivity contribution in [2.75, 3.05) is 32.1 Å². The smallest absolute Gasteiger partial charge is 0.290 e. The van der Waals surface area contributed by atoms with Crippen LogP contribution >= 0.6 is 11.3 Å². The maximum absolute atomic E-state index is 14.5. The number of aromatic nitrogens is 1. The molecule has 1 aliphatic rings. The molecule has 0 spiro atoms. The largest absolute Gasteiger partial charge is 0.497 e. The molecule has 2 atom stereocenters. The lowest BCUT2D eigenvalue weighted by Gasteiger charge is -2.34. The van der Waals surface area contributed by atoms with E-state index in [1.807, 2.05) is 13.0 Å². The molecule has 0 saturated carbocycles. The van der Waals surface area contributed by atoms with E-state index >= 15 is 0 Å². The van der Waals surface area contributed by atoms with Crippen LogP contribution in [0.1, 0.15) is 141 Å². The molecule has 0 radical (unpaired) electrons. The van der Waals surface area contributed by atoms with Crippen LogP contribution in [0.2, 0.25) is 0 Å². The molecule has 1 aromatic carbocycles. The van der Waals surface area contributed by atoms with Gasteiger partial charge in [0, 0.05) is 36.7 Å². The number of nitrogens with zero attached hydrogens (tertiary/aromatic N) is 5. The molecule has 3 amide bonds. The molecule has 0 fully saturated rings. The molecule has 2 unspecified atom stereocenters. The summed E-state index contributed by atoms with van der Waals surface area (Å²) in [5.41, 5.74) is 1.29. The quantitative estimate of drug-likeness (QED) is 0.105. The Morgan fingerprint density at radius 3 is 2.00 bits per heavy atom. The highest BCUT2D eigenvalue weighted by atomic mass is 32.1. The molecule has 0 aliphatic carbocycles. The van der Waals surface area contributed by atoms with Crippen molar-refractivity contribution in [3.8, 4) is 11.8 Å². The maximum Gasteiger partial charge on any atom is 0.290 e. The number of carbonyl (C=O) groups excluding carboxylic acids is 3. The number of benzene rings is 1. The summed E-state index contributed by atoms with van der Waals surface area (Å²) in [6.07, 6.45) is 12.1. The van der Waals surface area contributed by atoms with Crippen LogP contribution in [-0.2, 0) is 15.0 Å². The van der Waals surface area contributed by atoms with Crippen molar-refractivity contribution in [2.45, 2.75) is 125 Å². The number of hydrazine groups is 1. The summed E-state index contributed by atoms with van der Waals surface area (Å²) < 4.78 is 5.22. The fourth-order valence-corrected chi connectivity index (χ4v) is 7.91. The number of nitriles is 1. The number of anilines is 1. The Bertz CT molecular complexity index is 1610. The molecule has 2 heterocycles. The number of thiazole rings is 1. The van der Waals surface area contributed by atoms with Crippen molar-refractivity contribution in [1.82, 2.24) is 15.0 Å². The lowest BCUT2D eigenvalue weighted by Crippen LogP contribution is -2.54. The molecule has 2 aromatic rings. The molecule has 3 rings (SSSR count). The molecule has 10 heteroatoms. The van der Waals surface area contributed by atoms with E-state index in [2.05, 4.69) is 59.4 Å². The highest BCUT2D eigenvalue weighted by Crippen LogP contribution is 2.39. The number of ether oxygens (including phenoxy) is 1. The number of methoxy groups -OCH3 is 1. The van der Waals surface area contributed by atoms with Crippen molar-refractivity contribution in [1.29, 1.82) is 5.26 Å². The van der Waals surface area contributed by atoms with E-state index in [0.29, 0.717) is 36.0 Å². The third kappa shape index (κ3) is 10.3. The molecule has 0 bridgehead atoms. The van der Waals surface area contributed by atoms with Gasteiger partial charge in [0.05, 0.1) is 17.7 Å². The Hall–Kier alpha value is -3.97. The number of hydrogen-bond acceptors (Lipinski definition) is 8. The van der Waals surface area contributed by atoms with Crippen molar-refractivity contribution in [3.63, 3.8) is 0 Å². The van der Waals surface area contributed by atoms with Crippen molar-refractivity contribution in [2.24, 2.45) is 11.8 Å². The maximum atomic E-state index is 14.5. The fraction of sp³-hybridized carbons (Fsp3) is 0.595. The number of imide groups is 1. The summed E-state index contributed by atoms with van der Waals surface area (Å²) in [6, 6.07) is 8.52. The van der Waals surface area contributed by atoms with Gasteiger partial charge in [0.25, 0.3) is 17.7 Å². The number of hydrogen-bond donors (Lipinski definition) is 0. The number of rotatable bonds is 19. The molecule has 0 N–H and O–H groups in total. The first-order valence-corrected chi connectivity index (χ1v) is 20.0. The molecule has 1 aromatic heterocycles. The Balaban J connectivity index is 2.21. The van der Waals surface area contributed by atoms with Gasteiger partial charge in [-0.3, -0.25) is 14.4 Å². The van der Waals surface area contributed by atoms with Gasteiger partial charge in [-0.1, -0.05) is 112 Å². The lowest BCUT2D eigenvalue weighted by molar-refractivity contribution is -0.153. The minimum atomic E-state index is -0.806. The average molecular weight is 732 g/mol. The first-order valence-electron chi connectivity index (χ1n) is 19.2. The van der Waals surface area contributed by atoms with Crippen LogP contribution in [0, 0.1) is 23.2 Å². The van der Waals surface area contributed by atoms with Crippen LogP contribution in [0.15, 0.2) is 41.0 Å². The Morgan fingerprint density at radius 2 is 1.54 bits per heavy atom. The zero-order valence-corrected chi connectivity index (χ0v) is 34.1. The van der Waals surface area contributed by atoms with Crippen LogP contribution in [-0.4, -0.2) is 60.0 Å². The van der Waals surface area contributed by atoms with Gasteiger partial charge in [-0.15, -0.1) is 0 Å². The Labute approximate surface area is 316 Å². The third-order valence-electron chi connectivity index (χ3n) is 9.94. The zero-order valence-electron chi connectivity index (χ0n) is 33.3. The normalized spacial score (nSPS) is 15.6. The van der Waals surface area contributed by atoms with E-state index in [1.165, 1.54) is 52.7 Å². The third-order valence-corrected chi connectivity index (χ3v) is 11.0. The minimum absolute atomic E-state index is 0.130. The predicted molar refractivity (Wildman–Crippen MR) is 212 cm³/mol. The van der Waals surface area contributed by atoms with Crippen molar-refractivity contribution < 1.29 is 19.1 Å². The van der Waals surface area contributed by atoms with E-state index in [0.717, 1.165) is 51.7 Å². The van der Waals surface area contributed by atoms with E-state index in [-0.39, 0.29) is 22.1 Å². The summed E-state index contributed by atoms with van der Waals surface area (Å²) in [7, 11) is 2.92. The van der Waals surface area contributed by atoms with Crippen LogP contribution in [0.4, 0.5) is 5.13 Å². The minimum Gasteiger partial charge on any atom is -0.497 e. The van der Waals surface area contributed by atoms with E-state index in [9.17, 15) is 19.6 Å². The molecule has 1 aliphatic heterocycles. The van der Waals surface area contributed by atoms with Gasteiger partial charge in [0.15, 0.2) is 5.13 Å². The highest BCUT2D eigenvalue weighted by molar-refractivity contribution is 7.16. The standard InChI is InChI=1S/C42H61N5O4S/c1-11-16-19-29(14-4)27-46(28-30(15-5)20-17-12-2)41-44-37(42(6,7)8)36(52-41)25-34-33(18-13-3)35(26-43)40(50)47(39(34)49)45(9)38(48)31-21-23-32(51-10)24-22-31/h21-25,29-30H,11-20,27-28H2,1-10H3/b34-25-. The van der Waals surface area contributed by atoms with Crippen LogP contribution in [0.3, 0.4) is 0 Å². The van der Waals surface area contributed by atoms with Gasteiger partial charge in [-0.25, -0.2) is 9.99 Å². The SMILES string of the molecule is CCCCC(CC)CN(CC(CC)CCCC)c1nc(C(C)(C)C)c(/C=C2\C(=O)N(N(C)C(=O)c3ccc(OC)cc3)C(=O)C(C#N)=C2CCC)s1. The first-order chi connectivity index (χ1) is 24.8. The second-order valence-electron chi connectivity index (χ2n) is 15.0. The van der Waals surface area contributed by atoms with Crippen molar-refractivity contribution >= 4 is 40.3 Å². The van der Waals surface area contributed by atoms with Gasteiger partial charge < -0.3 is 9.64 Å². The summed E-state index contributed by atoms with van der Waals surface area (Å²) in [5.74, 6) is -0.346. The Kier molecular flexibility index (Phi) is 16.1. The van der Waals surface area contributed by atoms with Gasteiger partial charge in [-0.05, 0) is 67.0 Å². The lowest BCUT2D eigenvalue weighted by atomic mass is 9.88. The topological polar surface area (TPSA) is 107 Å². The summed E-state index contributed by atoms with van der Waals surface area (Å²) in [6.45, 7) is 19.2. The first kappa shape index (κ1) is 42.4. The summed E-state index contributed by atoms with van der Waals surface area (Å²) in [5, 5.41) is 13.1. The summed E-state index contributed by atoms with van der Waals surface area (Å²) >= 11 is 1.57. The van der Waals surface area contributed by atoms with E-state index < -0.39 is 17.7 Å². The second-order valence-corrected chi connectivity index (χ2v) is 16.0. The number of carbonyl (C=O) groups is 3. The summed E-state index contributed by atoms with van der Waals surface area (Å²) in [4.78, 5) is 50.6. The Morgan fingerprint density at radius 1 is 0.962 bits per heavy atom. The molecule has 52 heavy (non-hydrogen) atoms. The molecular formula is C42H61N5O4S. The van der Waals surface area contributed by atoms with E-state index in [4.69, 9.17) is 9.72 Å². The molecular weight excluding hydrogens is 671 g/mol. The average Bonchev–Trinajstić information content (AvgIpc) is 3.57. The van der Waals surface area contributed by atoms with Crippen LogP contribution in [0.25, 0.3) is 6.08 Å². The monoisotopic (exact) mass is 731 g/mol. The van der Waals surface area contributed by atoms with Gasteiger partial charge in [0.2, 0.25) is 0 Å². The van der Waals surface area contributed by atoms with Crippen molar-refractivity contribution in [3.05, 3.63) is 57.1 Å². The number of amides is 3. The zero-order chi connectivity index (χ0) is 38.6. The molecule has 0 saturated heterocycles. The van der Waals surface area contributed by atoms with E-state index in [1.54, 1.807) is 35.6 Å². The van der Waals surface area contributed by atoms with Gasteiger partial charge in [-0.2, -0.15) is 10.3 Å². The fourth-order valence-electron chi connectivity index (χ4n) is 6.67. The molecule has 9 nitrogen and oxygen atoms in total. The van der Waals surface area contributed by atoms with Gasteiger partial charge in [0.1, 0.15) is 17.4 Å². The van der Waals surface area contributed by atoms with Crippen LogP contribution in [0.5, 0.6) is 5.75 Å². The molecule has 284 valence electrons. The highest BCUT2D eigenvalue weighted by Gasteiger charge is 2.41. The second kappa shape index (κ2) is 19.8. The van der Waals surface area contributed by atoms with Crippen LogP contribution < -0.4 is 9.64 Å².